The summed E-state index contributed by atoms with van der Waals surface area (Å²) in [5.41, 5.74) is 1.75. The van der Waals surface area contributed by atoms with Crippen molar-refractivity contribution >= 4 is 21.7 Å². The summed E-state index contributed by atoms with van der Waals surface area (Å²) < 4.78 is 0.814. The third-order valence-electron chi connectivity index (χ3n) is 3.95. The number of Topliss-reactive ketones (excluding diaryl/α,β-unsaturated/α-hetero) is 1. The number of ketones is 1. The molecule has 3 atom stereocenters. The molecule has 0 aromatic heterocycles. The molecule has 0 heterocycles. The zero-order valence-corrected chi connectivity index (χ0v) is 12.6. The molecule has 0 aliphatic heterocycles. The lowest BCUT2D eigenvalue weighted by Gasteiger charge is -2.31. The van der Waals surface area contributed by atoms with Gasteiger partial charge in [0.05, 0.1) is 5.56 Å². The SMILES string of the molecule is CC(=O)C1CC=CC(c2ccc(Br)c(C#N)c2)[C@H]1C. The molecule has 19 heavy (non-hydrogen) atoms. The number of hydrogen-bond acceptors (Lipinski definition) is 2. The van der Waals surface area contributed by atoms with Crippen LogP contribution in [-0.4, -0.2) is 5.78 Å². The van der Waals surface area contributed by atoms with Crippen LogP contribution < -0.4 is 0 Å². The normalized spacial score (nSPS) is 25.9. The molecule has 0 bridgehead atoms. The van der Waals surface area contributed by atoms with E-state index in [0.717, 1.165) is 16.5 Å². The molecule has 0 N–H and O–H groups in total. The number of halogens is 1. The van der Waals surface area contributed by atoms with E-state index < -0.39 is 0 Å². The van der Waals surface area contributed by atoms with E-state index >= 15 is 0 Å². The Morgan fingerprint density at radius 1 is 1.47 bits per heavy atom. The first-order chi connectivity index (χ1) is 9.04. The largest absolute Gasteiger partial charge is 0.300 e. The lowest BCUT2D eigenvalue weighted by molar-refractivity contribution is -0.122. The van der Waals surface area contributed by atoms with Gasteiger partial charge in [-0.25, -0.2) is 0 Å². The van der Waals surface area contributed by atoms with Crippen molar-refractivity contribution in [3.05, 3.63) is 46.0 Å². The smallest absolute Gasteiger partial charge is 0.133 e. The van der Waals surface area contributed by atoms with E-state index in [4.69, 9.17) is 5.26 Å². The molecule has 0 spiro atoms. The predicted octanol–water partition coefficient (Wildman–Crippen LogP) is 4.21. The van der Waals surface area contributed by atoms with E-state index in [0.29, 0.717) is 5.56 Å². The molecule has 2 nitrogen and oxygen atoms in total. The van der Waals surface area contributed by atoms with Gasteiger partial charge in [-0.1, -0.05) is 25.1 Å². The Morgan fingerprint density at radius 2 is 2.21 bits per heavy atom. The molecular weight excluding hydrogens is 302 g/mol. The van der Waals surface area contributed by atoms with Crippen LogP contribution >= 0.6 is 15.9 Å². The maximum Gasteiger partial charge on any atom is 0.133 e. The quantitative estimate of drug-likeness (QED) is 0.767. The van der Waals surface area contributed by atoms with Gasteiger partial charge in [0.25, 0.3) is 0 Å². The highest BCUT2D eigenvalue weighted by Crippen LogP contribution is 2.38. The van der Waals surface area contributed by atoms with Crippen LogP contribution in [0.25, 0.3) is 0 Å². The van der Waals surface area contributed by atoms with Crippen LogP contribution in [0.15, 0.2) is 34.8 Å². The third kappa shape index (κ3) is 2.79. The summed E-state index contributed by atoms with van der Waals surface area (Å²) in [7, 11) is 0. The van der Waals surface area contributed by atoms with Crippen LogP contribution in [0.5, 0.6) is 0 Å². The van der Waals surface area contributed by atoms with Crippen LogP contribution in [-0.2, 0) is 4.79 Å². The monoisotopic (exact) mass is 317 g/mol. The first kappa shape index (κ1) is 14.0. The second-order valence-corrected chi connectivity index (χ2v) is 5.97. The van der Waals surface area contributed by atoms with Crippen molar-refractivity contribution in [1.29, 1.82) is 5.26 Å². The minimum atomic E-state index is 0.0872. The summed E-state index contributed by atoms with van der Waals surface area (Å²) in [6, 6.07) is 8.04. The number of allylic oxidation sites excluding steroid dienone is 2. The molecule has 2 unspecified atom stereocenters. The Balaban J connectivity index is 2.36. The fourth-order valence-corrected chi connectivity index (χ4v) is 3.13. The van der Waals surface area contributed by atoms with Gasteiger partial charge >= 0.3 is 0 Å². The molecule has 1 aromatic rings. The number of nitrogens with zero attached hydrogens (tertiary/aromatic N) is 1. The first-order valence-corrected chi connectivity index (χ1v) is 7.20. The Hall–Kier alpha value is -1.40. The van der Waals surface area contributed by atoms with E-state index in [1.165, 1.54) is 0 Å². The number of carbonyl (C=O) groups excluding carboxylic acids is 1. The number of nitriles is 1. The van der Waals surface area contributed by atoms with Crippen LogP contribution in [0.1, 0.15) is 37.3 Å². The van der Waals surface area contributed by atoms with E-state index in [1.54, 1.807) is 6.92 Å². The second kappa shape index (κ2) is 5.71. The van der Waals surface area contributed by atoms with Gasteiger partial charge < -0.3 is 0 Å². The molecule has 0 saturated carbocycles. The number of benzene rings is 1. The molecule has 1 aliphatic rings. The molecule has 0 radical (unpaired) electrons. The Kier molecular flexibility index (Phi) is 4.21. The van der Waals surface area contributed by atoms with Crippen molar-refractivity contribution in [2.24, 2.45) is 11.8 Å². The van der Waals surface area contributed by atoms with Crippen molar-refractivity contribution in [1.82, 2.24) is 0 Å². The minimum Gasteiger partial charge on any atom is -0.300 e. The molecule has 0 amide bonds. The maximum absolute atomic E-state index is 11.7. The van der Waals surface area contributed by atoms with Gasteiger partial charge in [-0.05, 0) is 52.9 Å². The highest BCUT2D eigenvalue weighted by molar-refractivity contribution is 9.10. The van der Waals surface area contributed by atoms with Crippen molar-refractivity contribution in [3.8, 4) is 6.07 Å². The zero-order valence-electron chi connectivity index (χ0n) is 11.1. The minimum absolute atomic E-state index is 0.0872. The molecule has 1 aliphatic carbocycles. The molecule has 98 valence electrons. The highest BCUT2D eigenvalue weighted by atomic mass is 79.9. The molecule has 2 rings (SSSR count). The van der Waals surface area contributed by atoms with Crippen molar-refractivity contribution in [2.75, 3.05) is 0 Å². The van der Waals surface area contributed by atoms with Crippen molar-refractivity contribution < 1.29 is 4.79 Å². The third-order valence-corrected chi connectivity index (χ3v) is 4.64. The molecule has 3 heteroatoms. The lowest BCUT2D eigenvalue weighted by Crippen LogP contribution is -2.26. The van der Waals surface area contributed by atoms with Crippen molar-refractivity contribution in [2.45, 2.75) is 26.2 Å². The number of hydrogen-bond donors (Lipinski definition) is 0. The maximum atomic E-state index is 11.7. The van der Waals surface area contributed by atoms with Gasteiger partial charge in [0, 0.05) is 16.3 Å². The molecule has 0 saturated heterocycles. The molecular formula is C16H16BrNO. The Bertz CT molecular complexity index is 571. The summed E-state index contributed by atoms with van der Waals surface area (Å²) in [5.74, 6) is 0.821. The summed E-state index contributed by atoms with van der Waals surface area (Å²) in [6.07, 6.45) is 5.08. The van der Waals surface area contributed by atoms with Gasteiger partial charge in [0.15, 0.2) is 0 Å². The summed E-state index contributed by atoms with van der Waals surface area (Å²) in [5, 5.41) is 9.10. The molecule has 0 fully saturated rings. The highest BCUT2D eigenvalue weighted by Gasteiger charge is 2.30. The van der Waals surface area contributed by atoms with Gasteiger partial charge in [0.1, 0.15) is 11.9 Å². The van der Waals surface area contributed by atoms with Gasteiger partial charge in [-0.15, -0.1) is 0 Å². The van der Waals surface area contributed by atoms with Crippen LogP contribution in [0.3, 0.4) is 0 Å². The van der Waals surface area contributed by atoms with Gasteiger partial charge in [-0.2, -0.15) is 5.26 Å². The van der Waals surface area contributed by atoms with E-state index in [1.807, 2.05) is 18.2 Å². The topological polar surface area (TPSA) is 40.9 Å². The Morgan fingerprint density at radius 3 is 2.84 bits per heavy atom. The summed E-state index contributed by atoms with van der Waals surface area (Å²) >= 11 is 3.37. The summed E-state index contributed by atoms with van der Waals surface area (Å²) in [6.45, 7) is 3.79. The first-order valence-electron chi connectivity index (χ1n) is 6.41. The number of carbonyl (C=O) groups is 1. The van der Waals surface area contributed by atoms with Gasteiger partial charge in [-0.3, -0.25) is 4.79 Å². The van der Waals surface area contributed by atoms with E-state index in [9.17, 15) is 4.79 Å². The molecule has 1 aromatic carbocycles. The van der Waals surface area contributed by atoms with Crippen LogP contribution in [0.2, 0.25) is 0 Å². The van der Waals surface area contributed by atoms with Crippen LogP contribution in [0.4, 0.5) is 0 Å². The average molecular weight is 318 g/mol. The standard InChI is InChI=1S/C16H16BrNO/c1-10-14(11(2)19)4-3-5-15(10)12-6-7-16(17)13(8-12)9-18/h3,5-8,10,14-15H,4H2,1-2H3/t10-,14?,15?/m0/s1. The average Bonchev–Trinajstić information content (AvgIpc) is 2.39. The fraction of sp³-hybridized carbons (Fsp3) is 0.375. The second-order valence-electron chi connectivity index (χ2n) is 5.12. The lowest BCUT2D eigenvalue weighted by atomic mass is 9.72. The van der Waals surface area contributed by atoms with Crippen LogP contribution in [0, 0.1) is 23.2 Å². The Labute approximate surface area is 122 Å². The summed E-state index contributed by atoms with van der Waals surface area (Å²) in [4.78, 5) is 11.7. The van der Waals surface area contributed by atoms with E-state index in [2.05, 4.69) is 41.1 Å². The van der Waals surface area contributed by atoms with Crippen molar-refractivity contribution in [3.63, 3.8) is 0 Å². The predicted molar refractivity (Wildman–Crippen MR) is 78.7 cm³/mol. The zero-order chi connectivity index (χ0) is 14.0. The number of rotatable bonds is 2. The van der Waals surface area contributed by atoms with Gasteiger partial charge in [0.2, 0.25) is 0 Å². The van der Waals surface area contributed by atoms with E-state index in [-0.39, 0.29) is 23.5 Å². The fourth-order valence-electron chi connectivity index (χ4n) is 2.80.